The molecule has 0 aliphatic heterocycles. The number of aliphatic hydroxyl groups excluding tert-OH is 1. The van der Waals surface area contributed by atoms with Crippen LogP contribution in [0, 0.1) is 0 Å². The van der Waals surface area contributed by atoms with Crippen LogP contribution in [0.25, 0.3) is 0 Å². The van der Waals surface area contributed by atoms with Crippen LogP contribution >= 0.6 is 0 Å². The highest BCUT2D eigenvalue weighted by Gasteiger charge is 2.36. The fourth-order valence-corrected chi connectivity index (χ4v) is 3.66. The second-order valence-corrected chi connectivity index (χ2v) is 13.6. The van der Waals surface area contributed by atoms with Gasteiger partial charge in [-0.15, -0.1) is 6.58 Å². The Morgan fingerprint density at radius 1 is 0.917 bits per heavy atom. The Hall–Kier alpha value is -0.123. The Balaban J connectivity index is 3.33. The summed E-state index contributed by atoms with van der Waals surface area (Å²) in [4.78, 5) is 0. The lowest BCUT2D eigenvalue weighted by molar-refractivity contribution is 0.164. The third-order valence-corrected chi connectivity index (χ3v) is 9.93. The highest BCUT2D eigenvalue weighted by molar-refractivity contribution is 6.74. The van der Waals surface area contributed by atoms with Gasteiger partial charge < -0.3 is 9.53 Å². The Labute approximate surface area is 153 Å². The maximum Gasteiger partial charge on any atom is 0.191 e. The van der Waals surface area contributed by atoms with Crippen LogP contribution in [0.2, 0.25) is 18.1 Å². The predicted octanol–water partition coefficient (Wildman–Crippen LogP) is 6.85. The van der Waals surface area contributed by atoms with Gasteiger partial charge in [0.1, 0.15) is 0 Å². The third kappa shape index (κ3) is 12.3. The maximum absolute atomic E-state index is 9.61. The van der Waals surface area contributed by atoms with Gasteiger partial charge in [0.2, 0.25) is 0 Å². The van der Waals surface area contributed by atoms with Gasteiger partial charge in [-0.1, -0.05) is 78.2 Å². The highest BCUT2D eigenvalue weighted by atomic mass is 28.4. The summed E-state index contributed by atoms with van der Waals surface area (Å²) in [6, 6.07) is 0. The van der Waals surface area contributed by atoms with Crippen LogP contribution in [-0.2, 0) is 4.43 Å². The van der Waals surface area contributed by atoms with Gasteiger partial charge in [-0.05, 0) is 37.4 Å². The van der Waals surface area contributed by atoms with Gasteiger partial charge in [0, 0.05) is 6.61 Å². The molecule has 1 unspecified atom stereocenters. The molecular weight excluding hydrogens is 312 g/mol. The molecule has 144 valence electrons. The van der Waals surface area contributed by atoms with E-state index in [4.69, 9.17) is 4.43 Å². The van der Waals surface area contributed by atoms with Crippen LogP contribution < -0.4 is 0 Å². The summed E-state index contributed by atoms with van der Waals surface area (Å²) in [6.07, 6.45) is 15.0. The summed E-state index contributed by atoms with van der Waals surface area (Å²) in [6.45, 7) is 16.2. The van der Waals surface area contributed by atoms with E-state index in [1.54, 1.807) is 0 Å². The third-order valence-electron chi connectivity index (χ3n) is 5.39. The summed E-state index contributed by atoms with van der Waals surface area (Å²) < 4.78 is 6.21. The average molecular weight is 357 g/mol. The highest BCUT2D eigenvalue weighted by Crippen LogP contribution is 2.36. The van der Waals surface area contributed by atoms with E-state index in [1.807, 2.05) is 6.08 Å². The zero-order valence-corrected chi connectivity index (χ0v) is 18.2. The first kappa shape index (κ1) is 23.9. The Morgan fingerprint density at radius 3 is 1.83 bits per heavy atom. The Bertz CT molecular complexity index is 307. The SMILES string of the molecule is C=CCC(O)CCCCCCCCCCCO[Si](C)(C)C(C)(C)C. The minimum atomic E-state index is -1.54. The van der Waals surface area contributed by atoms with Crippen molar-refractivity contribution in [1.29, 1.82) is 0 Å². The normalized spacial score (nSPS) is 13.9. The number of hydrogen-bond donors (Lipinski definition) is 1. The zero-order valence-electron chi connectivity index (χ0n) is 17.2. The van der Waals surface area contributed by atoms with Gasteiger partial charge in [0.25, 0.3) is 0 Å². The molecule has 0 aromatic carbocycles. The smallest absolute Gasteiger partial charge is 0.191 e. The van der Waals surface area contributed by atoms with Crippen molar-refractivity contribution in [3.8, 4) is 0 Å². The van der Waals surface area contributed by atoms with Gasteiger partial charge in [-0.3, -0.25) is 0 Å². The van der Waals surface area contributed by atoms with Gasteiger partial charge in [-0.25, -0.2) is 0 Å². The van der Waals surface area contributed by atoms with Crippen molar-refractivity contribution in [2.24, 2.45) is 0 Å². The molecule has 0 heterocycles. The summed E-state index contributed by atoms with van der Waals surface area (Å²) in [5, 5.41) is 9.94. The second-order valence-electron chi connectivity index (χ2n) is 8.76. The fraction of sp³-hybridized carbons (Fsp3) is 0.905. The molecule has 0 fully saturated rings. The van der Waals surface area contributed by atoms with Crippen molar-refractivity contribution in [3.05, 3.63) is 12.7 Å². The van der Waals surface area contributed by atoms with Crippen LogP contribution in [0.4, 0.5) is 0 Å². The molecule has 1 N–H and O–H groups in total. The molecule has 0 amide bonds. The maximum atomic E-state index is 9.61. The lowest BCUT2D eigenvalue weighted by atomic mass is 10.0. The van der Waals surface area contributed by atoms with Crippen molar-refractivity contribution in [2.45, 2.75) is 116 Å². The molecule has 0 aliphatic rings. The number of rotatable bonds is 15. The van der Waals surface area contributed by atoms with Crippen molar-refractivity contribution in [2.75, 3.05) is 6.61 Å². The molecule has 0 rings (SSSR count). The quantitative estimate of drug-likeness (QED) is 0.197. The molecule has 1 atom stereocenters. The van der Waals surface area contributed by atoms with Gasteiger partial charge in [-0.2, -0.15) is 0 Å². The molecule has 0 saturated carbocycles. The first-order valence-electron chi connectivity index (χ1n) is 10.1. The molecule has 3 heteroatoms. The second kappa shape index (κ2) is 13.1. The lowest BCUT2D eigenvalue weighted by Gasteiger charge is -2.36. The van der Waals surface area contributed by atoms with E-state index in [9.17, 15) is 5.11 Å². The molecule has 24 heavy (non-hydrogen) atoms. The van der Waals surface area contributed by atoms with Crippen LogP contribution in [0.5, 0.6) is 0 Å². The Kier molecular flexibility index (Phi) is 13.1. The number of unbranched alkanes of at least 4 members (excludes halogenated alkanes) is 8. The summed E-state index contributed by atoms with van der Waals surface area (Å²) >= 11 is 0. The fourth-order valence-electron chi connectivity index (χ4n) is 2.57. The van der Waals surface area contributed by atoms with Gasteiger partial charge >= 0.3 is 0 Å². The van der Waals surface area contributed by atoms with E-state index in [0.29, 0.717) is 5.04 Å². The largest absolute Gasteiger partial charge is 0.417 e. The van der Waals surface area contributed by atoms with Crippen molar-refractivity contribution in [3.63, 3.8) is 0 Å². The predicted molar refractivity (Wildman–Crippen MR) is 110 cm³/mol. The minimum absolute atomic E-state index is 0.170. The summed E-state index contributed by atoms with van der Waals surface area (Å²) in [5.74, 6) is 0. The molecule has 0 saturated heterocycles. The van der Waals surface area contributed by atoms with E-state index in [0.717, 1.165) is 25.9 Å². The molecule has 0 spiro atoms. The molecule has 0 aromatic rings. The van der Waals surface area contributed by atoms with Crippen molar-refractivity contribution < 1.29 is 9.53 Å². The summed E-state index contributed by atoms with van der Waals surface area (Å²) in [7, 11) is -1.54. The van der Waals surface area contributed by atoms with Crippen LogP contribution in [-0.4, -0.2) is 26.1 Å². The van der Waals surface area contributed by atoms with Crippen LogP contribution in [0.15, 0.2) is 12.7 Å². The Morgan fingerprint density at radius 2 is 1.38 bits per heavy atom. The topological polar surface area (TPSA) is 29.5 Å². The zero-order chi connectivity index (χ0) is 18.5. The van der Waals surface area contributed by atoms with E-state index in [2.05, 4.69) is 40.4 Å². The van der Waals surface area contributed by atoms with Gasteiger partial charge in [0.05, 0.1) is 6.10 Å². The van der Waals surface area contributed by atoms with Gasteiger partial charge in [0.15, 0.2) is 8.32 Å². The van der Waals surface area contributed by atoms with Crippen LogP contribution in [0.1, 0.15) is 91.4 Å². The van der Waals surface area contributed by atoms with E-state index in [1.165, 1.54) is 51.4 Å². The van der Waals surface area contributed by atoms with Crippen molar-refractivity contribution >= 4 is 8.32 Å². The average Bonchev–Trinajstić information content (AvgIpc) is 2.47. The number of aliphatic hydroxyl groups is 1. The monoisotopic (exact) mass is 356 g/mol. The first-order valence-corrected chi connectivity index (χ1v) is 13.0. The molecule has 0 aromatic heterocycles. The lowest BCUT2D eigenvalue weighted by Crippen LogP contribution is -2.40. The number of hydrogen-bond acceptors (Lipinski definition) is 2. The van der Waals surface area contributed by atoms with Crippen LogP contribution in [0.3, 0.4) is 0 Å². The van der Waals surface area contributed by atoms with Crippen molar-refractivity contribution in [1.82, 2.24) is 0 Å². The molecule has 0 aliphatic carbocycles. The molecular formula is C21H44O2Si. The molecule has 2 nitrogen and oxygen atoms in total. The molecule has 0 bridgehead atoms. The summed E-state index contributed by atoms with van der Waals surface area (Å²) in [5.41, 5.74) is 0. The minimum Gasteiger partial charge on any atom is -0.417 e. The van der Waals surface area contributed by atoms with E-state index in [-0.39, 0.29) is 6.10 Å². The first-order chi connectivity index (χ1) is 11.2. The van der Waals surface area contributed by atoms with E-state index < -0.39 is 8.32 Å². The van der Waals surface area contributed by atoms with E-state index >= 15 is 0 Å². The molecule has 0 radical (unpaired) electrons. The standard InChI is InChI=1S/C21H44O2Si/c1-7-17-20(22)18-15-13-11-9-8-10-12-14-16-19-23-24(5,6)21(2,3)4/h7,20,22H,1,8-19H2,2-6H3.